The number of hydrogen-bond donors (Lipinski definition) is 1. The van der Waals surface area contributed by atoms with Gasteiger partial charge in [0, 0.05) is 48.3 Å². The zero-order valence-corrected chi connectivity index (χ0v) is 16.8. The summed E-state index contributed by atoms with van der Waals surface area (Å²) in [5.41, 5.74) is 3.29. The third-order valence-corrected chi connectivity index (χ3v) is 4.99. The molecule has 1 aliphatic rings. The summed E-state index contributed by atoms with van der Waals surface area (Å²) in [4.78, 5) is 27.2. The Balaban J connectivity index is 1.61. The second-order valence-corrected chi connectivity index (χ2v) is 6.94. The van der Waals surface area contributed by atoms with Gasteiger partial charge in [-0.15, -0.1) is 0 Å². The average Bonchev–Trinajstić information content (AvgIpc) is 2.73. The van der Waals surface area contributed by atoms with Gasteiger partial charge in [-0.1, -0.05) is 0 Å². The highest BCUT2D eigenvalue weighted by Gasteiger charge is 2.16. The van der Waals surface area contributed by atoms with E-state index in [-0.39, 0.29) is 18.1 Å². The van der Waals surface area contributed by atoms with E-state index in [0.717, 1.165) is 43.4 Å². The molecule has 2 aromatic carbocycles. The Bertz CT molecular complexity index is 863. The number of ether oxygens (including phenoxy) is 1. The third-order valence-electron chi connectivity index (χ3n) is 4.99. The van der Waals surface area contributed by atoms with Gasteiger partial charge in [0.25, 0.3) is 5.69 Å². The van der Waals surface area contributed by atoms with E-state index in [0.29, 0.717) is 12.1 Å². The van der Waals surface area contributed by atoms with Gasteiger partial charge in [-0.2, -0.15) is 0 Å². The average molecular weight is 398 g/mol. The Kier molecular flexibility index (Phi) is 6.66. The van der Waals surface area contributed by atoms with Crippen LogP contribution in [-0.2, 0) is 9.53 Å². The van der Waals surface area contributed by atoms with Crippen molar-refractivity contribution >= 4 is 28.7 Å². The number of carbonyl (C=O) groups is 1. The van der Waals surface area contributed by atoms with E-state index in [1.807, 2.05) is 36.1 Å². The summed E-state index contributed by atoms with van der Waals surface area (Å²) >= 11 is 0. The third kappa shape index (κ3) is 5.23. The largest absolute Gasteiger partial charge is 0.378 e. The molecule has 0 bridgehead atoms. The Labute approximate surface area is 170 Å². The summed E-state index contributed by atoms with van der Waals surface area (Å²) in [6, 6.07) is 12.7. The topological polar surface area (TPSA) is 88.0 Å². The van der Waals surface area contributed by atoms with Crippen LogP contribution >= 0.6 is 0 Å². The molecule has 1 aliphatic heterocycles. The quantitative estimate of drug-likeness (QED) is 0.569. The number of likely N-dealkylation sites (N-methyl/N-ethyl adjacent to an activating group) is 1. The van der Waals surface area contributed by atoms with E-state index in [2.05, 4.69) is 10.2 Å². The van der Waals surface area contributed by atoms with Gasteiger partial charge < -0.3 is 19.9 Å². The number of nitrogens with one attached hydrogen (secondary N) is 1. The molecule has 0 radical (unpaired) electrons. The monoisotopic (exact) mass is 398 g/mol. The zero-order chi connectivity index (χ0) is 20.8. The Hall–Kier alpha value is -3.13. The fraction of sp³-hybridized carbons (Fsp3) is 0.381. The van der Waals surface area contributed by atoms with Gasteiger partial charge in [-0.05, 0) is 50.2 Å². The minimum atomic E-state index is -0.400. The molecule has 2 aromatic rings. The van der Waals surface area contributed by atoms with E-state index in [9.17, 15) is 14.9 Å². The van der Waals surface area contributed by atoms with Crippen molar-refractivity contribution in [3.63, 3.8) is 0 Å². The predicted molar refractivity (Wildman–Crippen MR) is 114 cm³/mol. The summed E-state index contributed by atoms with van der Waals surface area (Å²) in [6.45, 7) is 7.62. The number of hydrogen-bond acceptors (Lipinski definition) is 6. The smallest absolute Gasteiger partial charge is 0.272 e. The second-order valence-electron chi connectivity index (χ2n) is 6.94. The molecule has 0 aliphatic carbocycles. The van der Waals surface area contributed by atoms with E-state index in [1.165, 1.54) is 6.07 Å². The number of benzene rings is 2. The number of nitro groups is 1. The van der Waals surface area contributed by atoms with Crippen LogP contribution in [0.25, 0.3) is 0 Å². The fourth-order valence-electron chi connectivity index (χ4n) is 3.38. The van der Waals surface area contributed by atoms with E-state index in [1.54, 1.807) is 19.1 Å². The maximum Gasteiger partial charge on any atom is 0.272 e. The van der Waals surface area contributed by atoms with Crippen molar-refractivity contribution in [3.05, 3.63) is 58.1 Å². The van der Waals surface area contributed by atoms with Crippen LogP contribution in [0.3, 0.4) is 0 Å². The summed E-state index contributed by atoms with van der Waals surface area (Å²) < 4.78 is 5.37. The number of nitro benzene ring substituents is 1. The zero-order valence-electron chi connectivity index (χ0n) is 16.8. The van der Waals surface area contributed by atoms with Crippen LogP contribution in [0.15, 0.2) is 42.5 Å². The number of aryl methyl sites for hydroxylation is 1. The lowest BCUT2D eigenvalue weighted by molar-refractivity contribution is -0.385. The second kappa shape index (κ2) is 9.38. The molecule has 0 unspecified atom stereocenters. The maximum atomic E-state index is 12.5. The normalized spacial score (nSPS) is 13.8. The van der Waals surface area contributed by atoms with Crippen LogP contribution in [0.2, 0.25) is 0 Å². The minimum absolute atomic E-state index is 0.0783. The molecule has 0 spiro atoms. The first kappa shape index (κ1) is 20.6. The lowest BCUT2D eigenvalue weighted by Gasteiger charge is -2.29. The van der Waals surface area contributed by atoms with Gasteiger partial charge in [-0.25, -0.2) is 0 Å². The first-order valence-electron chi connectivity index (χ1n) is 9.70. The van der Waals surface area contributed by atoms with Crippen LogP contribution < -0.4 is 15.1 Å². The van der Waals surface area contributed by atoms with Crippen molar-refractivity contribution in [2.75, 3.05) is 54.5 Å². The number of amides is 1. The number of anilines is 3. The lowest BCUT2D eigenvalue weighted by atomic mass is 10.1. The summed E-state index contributed by atoms with van der Waals surface area (Å²) in [6.07, 6.45) is 0. The number of carbonyl (C=O) groups excluding carboxylic acids is 1. The molecule has 1 N–H and O–H groups in total. The van der Waals surface area contributed by atoms with Gasteiger partial charge in [0.05, 0.1) is 24.7 Å². The van der Waals surface area contributed by atoms with E-state index < -0.39 is 4.92 Å². The predicted octanol–water partition coefficient (Wildman–Crippen LogP) is 3.20. The van der Waals surface area contributed by atoms with E-state index in [4.69, 9.17) is 4.74 Å². The number of morpholine rings is 1. The van der Waals surface area contributed by atoms with Crippen LogP contribution in [-0.4, -0.2) is 50.2 Å². The highest BCUT2D eigenvalue weighted by molar-refractivity contribution is 5.94. The fourth-order valence-corrected chi connectivity index (χ4v) is 3.38. The van der Waals surface area contributed by atoms with Crippen LogP contribution in [0.5, 0.6) is 0 Å². The lowest BCUT2D eigenvalue weighted by Crippen LogP contribution is -2.36. The molecule has 29 heavy (non-hydrogen) atoms. The Morgan fingerprint density at radius 3 is 2.48 bits per heavy atom. The summed E-state index contributed by atoms with van der Waals surface area (Å²) in [5, 5.41) is 13.9. The Morgan fingerprint density at radius 2 is 1.90 bits per heavy atom. The SMILES string of the molecule is CCN(CC(=O)Nc1ccc(N2CCOCC2)cc1)c1ccc([N+](=O)[O-])c(C)c1. The standard InChI is InChI=1S/C21H26N4O4/c1-3-23(19-8-9-20(25(27)28)16(2)14-19)15-21(26)22-17-4-6-18(7-5-17)24-10-12-29-13-11-24/h4-9,14H,3,10-13,15H2,1-2H3,(H,22,26). The molecule has 8 nitrogen and oxygen atoms in total. The number of rotatable bonds is 7. The molecule has 1 amide bonds. The van der Waals surface area contributed by atoms with Crippen molar-refractivity contribution in [3.8, 4) is 0 Å². The summed E-state index contributed by atoms with van der Waals surface area (Å²) in [5.74, 6) is -0.137. The molecule has 8 heteroatoms. The van der Waals surface area contributed by atoms with E-state index >= 15 is 0 Å². The summed E-state index contributed by atoms with van der Waals surface area (Å²) in [7, 11) is 0. The van der Waals surface area contributed by atoms with Crippen molar-refractivity contribution in [2.45, 2.75) is 13.8 Å². The molecule has 1 saturated heterocycles. The molecule has 0 aromatic heterocycles. The molecule has 154 valence electrons. The molecular weight excluding hydrogens is 372 g/mol. The molecular formula is C21H26N4O4. The van der Waals surface area contributed by atoms with Crippen molar-refractivity contribution in [2.24, 2.45) is 0 Å². The highest BCUT2D eigenvalue weighted by Crippen LogP contribution is 2.24. The molecule has 1 fully saturated rings. The first-order valence-corrected chi connectivity index (χ1v) is 9.70. The van der Waals surface area contributed by atoms with Gasteiger partial charge in [-0.3, -0.25) is 14.9 Å². The van der Waals surface area contributed by atoms with Gasteiger partial charge in [0.15, 0.2) is 0 Å². The molecule has 0 atom stereocenters. The first-order chi connectivity index (χ1) is 14.0. The van der Waals surface area contributed by atoms with Crippen molar-refractivity contribution in [1.29, 1.82) is 0 Å². The minimum Gasteiger partial charge on any atom is -0.378 e. The van der Waals surface area contributed by atoms with Crippen molar-refractivity contribution in [1.82, 2.24) is 0 Å². The molecule has 0 saturated carbocycles. The van der Waals surface area contributed by atoms with Crippen LogP contribution in [0.1, 0.15) is 12.5 Å². The highest BCUT2D eigenvalue weighted by atomic mass is 16.6. The van der Waals surface area contributed by atoms with Gasteiger partial charge >= 0.3 is 0 Å². The van der Waals surface area contributed by atoms with Gasteiger partial charge in [0.2, 0.25) is 5.91 Å². The molecule has 1 heterocycles. The Morgan fingerprint density at radius 1 is 1.21 bits per heavy atom. The number of nitrogens with zero attached hydrogens (tertiary/aromatic N) is 3. The van der Waals surface area contributed by atoms with Crippen molar-refractivity contribution < 1.29 is 14.5 Å². The maximum absolute atomic E-state index is 12.5. The van der Waals surface area contributed by atoms with Gasteiger partial charge in [0.1, 0.15) is 0 Å². The molecule has 3 rings (SSSR count). The van der Waals surface area contributed by atoms with Crippen LogP contribution in [0, 0.1) is 17.0 Å². The van der Waals surface area contributed by atoms with Crippen LogP contribution in [0.4, 0.5) is 22.7 Å².